The van der Waals surface area contributed by atoms with Crippen molar-refractivity contribution in [3.05, 3.63) is 60.4 Å². The Bertz CT molecular complexity index is 1280. The molecule has 0 unspecified atom stereocenters. The minimum absolute atomic E-state index is 0.0785. The lowest BCUT2D eigenvalue weighted by atomic mass is 10.1. The van der Waals surface area contributed by atoms with Gasteiger partial charge in [0.15, 0.2) is 5.75 Å². The maximum atomic E-state index is 13.1. The van der Waals surface area contributed by atoms with Crippen molar-refractivity contribution in [1.29, 1.82) is 0 Å². The minimum atomic E-state index is -0.0785. The molecule has 3 aromatic rings. The first-order valence-corrected chi connectivity index (χ1v) is 11.3. The Morgan fingerprint density at radius 1 is 1.15 bits per heavy atom. The van der Waals surface area contributed by atoms with Crippen molar-refractivity contribution in [2.45, 2.75) is 0 Å². The van der Waals surface area contributed by atoms with Crippen LogP contribution in [0.4, 0.5) is 17.2 Å². The van der Waals surface area contributed by atoms with Crippen molar-refractivity contribution >= 4 is 34.0 Å². The summed E-state index contributed by atoms with van der Waals surface area (Å²) in [4.78, 5) is 25.9. The molecule has 0 bridgehead atoms. The number of rotatable bonds is 5. The Morgan fingerprint density at radius 2 is 2.03 bits per heavy atom. The number of benzene rings is 2. The van der Waals surface area contributed by atoms with Crippen LogP contribution in [0.15, 0.2) is 54.9 Å². The second kappa shape index (κ2) is 9.91. The summed E-state index contributed by atoms with van der Waals surface area (Å²) < 4.78 is 11.4. The fourth-order valence-electron chi connectivity index (χ4n) is 4.15. The molecule has 0 saturated carbocycles. The lowest BCUT2D eigenvalue weighted by Gasteiger charge is -2.30. The third-order valence-electron chi connectivity index (χ3n) is 5.87. The minimum Gasteiger partial charge on any atom is -0.489 e. The molecule has 1 fully saturated rings. The van der Waals surface area contributed by atoms with Crippen LogP contribution in [0.1, 0.15) is 5.56 Å². The molecule has 5 rings (SSSR count). The van der Waals surface area contributed by atoms with Gasteiger partial charge in [0.2, 0.25) is 0 Å². The third kappa shape index (κ3) is 4.57. The van der Waals surface area contributed by atoms with E-state index in [-0.39, 0.29) is 5.91 Å². The molecule has 8 nitrogen and oxygen atoms in total. The third-order valence-corrected chi connectivity index (χ3v) is 5.87. The zero-order valence-electron chi connectivity index (χ0n) is 18.7. The predicted octanol–water partition coefficient (Wildman–Crippen LogP) is 2.97. The van der Waals surface area contributed by atoms with E-state index in [1.54, 1.807) is 11.0 Å². The molecule has 0 spiro atoms. The van der Waals surface area contributed by atoms with E-state index in [1.165, 1.54) is 6.33 Å². The van der Waals surface area contributed by atoms with Crippen LogP contribution >= 0.6 is 0 Å². The van der Waals surface area contributed by atoms with Crippen LogP contribution in [0.5, 0.6) is 5.75 Å². The van der Waals surface area contributed by atoms with Crippen LogP contribution in [0.25, 0.3) is 10.9 Å². The van der Waals surface area contributed by atoms with E-state index in [0.717, 1.165) is 55.0 Å². The lowest BCUT2D eigenvalue weighted by molar-refractivity contribution is -0.114. The fourth-order valence-corrected chi connectivity index (χ4v) is 4.15. The second-order valence-electron chi connectivity index (χ2n) is 8.03. The lowest BCUT2D eigenvalue weighted by Crippen LogP contribution is -2.38. The van der Waals surface area contributed by atoms with Crippen LogP contribution in [0, 0.1) is 12.3 Å². The number of terminal acetylenes is 1. The predicted molar refractivity (Wildman–Crippen MR) is 131 cm³/mol. The summed E-state index contributed by atoms with van der Waals surface area (Å²) in [6.07, 6.45) is 10.6. The van der Waals surface area contributed by atoms with E-state index < -0.39 is 0 Å². The molecule has 1 N–H and O–H groups in total. The second-order valence-corrected chi connectivity index (χ2v) is 8.03. The quantitative estimate of drug-likeness (QED) is 0.468. The highest BCUT2D eigenvalue weighted by molar-refractivity contribution is 6.07. The molecule has 0 atom stereocenters. The van der Waals surface area contributed by atoms with E-state index in [9.17, 15) is 4.79 Å². The smallest absolute Gasteiger partial charge is 0.250 e. The molecule has 2 aliphatic heterocycles. The number of amides is 1. The summed E-state index contributed by atoms with van der Waals surface area (Å²) in [5.41, 5.74) is 3.00. The number of fused-ring (bicyclic) bond motifs is 3. The molecule has 3 heterocycles. The topological polar surface area (TPSA) is 79.8 Å². The average Bonchev–Trinajstić information content (AvgIpc) is 2.89. The Hall–Kier alpha value is -3.93. The van der Waals surface area contributed by atoms with Crippen LogP contribution < -0.4 is 15.0 Å². The van der Waals surface area contributed by atoms with Crippen molar-refractivity contribution in [3.8, 4) is 18.1 Å². The summed E-state index contributed by atoms with van der Waals surface area (Å²) in [7, 11) is 0. The first-order valence-electron chi connectivity index (χ1n) is 11.3. The van der Waals surface area contributed by atoms with Gasteiger partial charge in [0.05, 0.1) is 36.3 Å². The first kappa shape index (κ1) is 21.9. The number of nitrogens with zero attached hydrogens (tertiary/aromatic N) is 4. The SMILES string of the molecule is C#Cc1cccc(Nc2ncnc3ccc4c(c23)OCCN4C(=O)/C=C/CN2CCOCC2)c1. The highest BCUT2D eigenvalue weighted by Gasteiger charge is 2.26. The van der Waals surface area contributed by atoms with Crippen molar-refractivity contribution < 1.29 is 14.3 Å². The van der Waals surface area contributed by atoms with Crippen molar-refractivity contribution in [1.82, 2.24) is 14.9 Å². The molecule has 1 amide bonds. The summed E-state index contributed by atoms with van der Waals surface area (Å²) in [6.45, 7) is 4.81. The van der Waals surface area contributed by atoms with Crippen LogP contribution in [-0.4, -0.2) is 66.8 Å². The average molecular weight is 456 g/mol. The van der Waals surface area contributed by atoms with Crippen LogP contribution in [0.2, 0.25) is 0 Å². The van der Waals surface area contributed by atoms with Gasteiger partial charge in [-0.1, -0.05) is 18.1 Å². The molecular weight excluding hydrogens is 430 g/mol. The molecular formula is C26H25N5O3. The maximum absolute atomic E-state index is 13.1. The molecule has 34 heavy (non-hydrogen) atoms. The molecule has 0 aliphatic carbocycles. The van der Waals surface area contributed by atoms with E-state index in [4.69, 9.17) is 15.9 Å². The zero-order chi connectivity index (χ0) is 23.3. The highest BCUT2D eigenvalue weighted by atomic mass is 16.5. The van der Waals surface area contributed by atoms with Gasteiger partial charge in [0, 0.05) is 37.0 Å². The number of hydrogen-bond acceptors (Lipinski definition) is 7. The Balaban J connectivity index is 1.43. The van der Waals surface area contributed by atoms with Crippen LogP contribution in [0.3, 0.4) is 0 Å². The molecule has 2 aromatic carbocycles. The fraction of sp³-hybridized carbons (Fsp3) is 0.269. The summed E-state index contributed by atoms with van der Waals surface area (Å²) in [5, 5.41) is 4.05. The number of anilines is 3. The Kier molecular flexibility index (Phi) is 6.38. The van der Waals surface area contributed by atoms with Gasteiger partial charge in [-0.2, -0.15) is 0 Å². The number of ether oxygens (including phenoxy) is 2. The number of hydrogen-bond donors (Lipinski definition) is 1. The first-order chi connectivity index (χ1) is 16.7. The molecule has 2 aliphatic rings. The standard InChI is InChI=1S/C26H25N5O3/c1-2-19-5-3-6-20(17-19)29-26-24-21(27-18-28-26)8-9-22-25(24)34-16-13-31(22)23(32)7-4-10-30-11-14-33-15-12-30/h1,3-9,17-18H,10-16H2,(H,27,28,29)/b7-4+. The van der Waals surface area contributed by atoms with E-state index >= 15 is 0 Å². The molecule has 172 valence electrons. The van der Waals surface area contributed by atoms with E-state index in [1.807, 2.05) is 42.5 Å². The molecule has 8 heteroatoms. The summed E-state index contributed by atoms with van der Waals surface area (Å²) >= 11 is 0. The van der Waals surface area contributed by atoms with Crippen molar-refractivity contribution in [3.63, 3.8) is 0 Å². The van der Waals surface area contributed by atoms with Crippen molar-refractivity contribution in [2.24, 2.45) is 0 Å². The van der Waals surface area contributed by atoms with E-state index in [2.05, 4.69) is 26.1 Å². The van der Waals surface area contributed by atoms with Gasteiger partial charge in [0.25, 0.3) is 5.91 Å². The van der Waals surface area contributed by atoms with Gasteiger partial charge in [0.1, 0.15) is 18.8 Å². The van der Waals surface area contributed by atoms with Gasteiger partial charge in [-0.05, 0) is 30.3 Å². The number of carbonyl (C=O) groups excluding carboxylic acids is 1. The van der Waals surface area contributed by atoms with E-state index in [0.29, 0.717) is 30.4 Å². The van der Waals surface area contributed by atoms with Crippen LogP contribution in [-0.2, 0) is 9.53 Å². The summed E-state index contributed by atoms with van der Waals surface area (Å²) in [5.74, 6) is 3.74. The van der Waals surface area contributed by atoms with Gasteiger partial charge in [-0.3, -0.25) is 9.69 Å². The number of carbonyl (C=O) groups is 1. The molecule has 1 aromatic heterocycles. The zero-order valence-corrected chi connectivity index (χ0v) is 18.7. The number of morpholine rings is 1. The molecule has 0 radical (unpaired) electrons. The highest BCUT2D eigenvalue weighted by Crippen LogP contribution is 2.41. The number of aromatic nitrogens is 2. The van der Waals surface area contributed by atoms with Gasteiger partial charge >= 0.3 is 0 Å². The monoisotopic (exact) mass is 455 g/mol. The Morgan fingerprint density at radius 3 is 2.88 bits per heavy atom. The Labute approximate surface area is 198 Å². The number of nitrogens with one attached hydrogen (secondary N) is 1. The summed E-state index contributed by atoms with van der Waals surface area (Å²) in [6, 6.07) is 11.3. The largest absolute Gasteiger partial charge is 0.489 e. The van der Waals surface area contributed by atoms with Gasteiger partial charge in [-0.25, -0.2) is 9.97 Å². The van der Waals surface area contributed by atoms with Gasteiger partial charge < -0.3 is 19.7 Å². The van der Waals surface area contributed by atoms with Crippen molar-refractivity contribution in [2.75, 3.05) is 56.2 Å². The van der Waals surface area contributed by atoms with Gasteiger partial charge in [-0.15, -0.1) is 6.42 Å². The normalized spacial score (nSPS) is 16.1. The maximum Gasteiger partial charge on any atom is 0.250 e. The molecule has 1 saturated heterocycles.